The summed E-state index contributed by atoms with van der Waals surface area (Å²) >= 11 is 6.87. The van der Waals surface area contributed by atoms with E-state index < -0.39 is 0 Å². The number of hydrogen-bond donors (Lipinski definition) is 2. The molecule has 2 aromatic rings. The first-order valence-electron chi connectivity index (χ1n) is 14.3. The summed E-state index contributed by atoms with van der Waals surface area (Å²) in [6.07, 6.45) is 3.49. The predicted octanol–water partition coefficient (Wildman–Crippen LogP) is 10.0. The van der Waals surface area contributed by atoms with Crippen LogP contribution in [0.5, 0.6) is 0 Å². The van der Waals surface area contributed by atoms with Gasteiger partial charge in [0.25, 0.3) is 0 Å². The smallest absolute Gasteiger partial charge is 0.168 e. The van der Waals surface area contributed by atoms with Crippen LogP contribution in [0.4, 0.5) is 11.4 Å². The first-order chi connectivity index (χ1) is 19.7. The lowest BCUT2D eigenvalue weighted by molar-refractivity contribution is -0.118. The maximum Gasteiger partial charge on any atom is 0.168 e. The second-order valence-electron chi connectivity index (χ2n) is 12.8. The number of aliphatic hydroxyl groups is 2. The molecule has 0 unspecified atom stereocenters. The van der Waals surface area contributed by atoms with Crippen LogP contribution in [0, 0.1) is 10.8 Å². The Morgan fingerprint density at radius 2 is 0.976 bits per heavy atom. The highest BCUT2D eigenvalue weighted by Gasteiger charge is 2.37. The van der Waals surface area contributed by atoms with E-state index in [0.717, 1.165) is 20.3 Å². The van der Waals surface area contributed by atoms with Crippen LogP contribution in [0.15, 0.2) is 90.1 Å². The van der Waals surface area contributed by atoms with Crippen LogP contribution in [0.3, 0.4) is 0 Å². The number of allylic oxidation sites excluding steroid dienone is 4. The Bertz CT molecular complexity index is 1370. The van der Waals surface area contributed by atoms with Crippen molar-refractivity contribution in [2.45, 2.75) is 79.1 Å². The average molecular weight is 698 g/mol. The highest BCUT2D eigenvalue weighted by molar-refractivity contribution is 9.10. The summed E-state index contributed by atoms with van der Waals surface area (Å²) in [7, 11) is 0. The van der Waals surface area contributed by atoms with Crippen molar-refractivity contribution >= 4 is 66.2 Å². The van der Waals surface area contributed by atoms with Crippen LogP contribution in [0.25, 0.3) is 0 Å². The highest BCUT2D eigenvalue weighted by Crippen LogP contribution is 2.38. The molecule has 4 rings (SSSR count). The fourth-order valence-corrected chi connectivity index (χ4v) is 6.13. The number of carbonyl (C=O) groups excluding carboxylic acids is 2. The van der Waals surface area contributed by atoms with Gasteiger partial charge in [-0.15, -0.1) is 0 Å². The van der Waals surface area contributed by atoms with E-state index in [1.54, 1.807) is 0 Å². The Kier molecular flexibility index (Phi) is 10.1. The molecule has 0 saturated heterocycles. The third-order valence-corrected chi connectivity index (χ3v) is 8.60. The van der Waals surface area contributed by atoms with Gasteiger partial charge in [0.2, 0.25) is 0 Å². The van der Waals surface area contributed by atoms with Gasteiger partial charge in [0.1, 0.15) is 11.5 Å². The topological polar surface area (TPSA) is 99.3 Å². The second-order valence-corrected chi connectivity index (χ2v) is 14.6. The minimum Gasteiger partial charge on any atom is -0.511 e. The van der Waals surface area contributed by atoms with Crippen molar-refractivity contribution in [3.63, 3.8) is 0 Å². The van der Waals surface area contributed by atoms with Crippen LogP contribution in [-0.4, -0.2) is 33.2 Å². The van der Waals surface area contributed by atoms with Gasteiger partial charge in [-0.3, -0.25) is 19.6 Å². The van der Waals surface area contributed by atoms with Crippen molar-refractivity contribution in [2.75, 3.05) is 0 Å². The lowest BCUT2D eigenvalue weighted by atomic mass is 9.73. The van der Waals surface area contributed by atoms with Gasteiger partial charge in [-0.25, -0.2) is 0 Å². The maximum atomic E-state index is 13.1. The summed E-state index contributed by atoms with van der Waals surface area (Å²) in [5, 5.41) is 22.1. The Balaban J connectivity index is 1.51. The molecular formula is C34H38Br2N2O4. The number of nitrogens with zero attached hydrogens (tertiary/aromatic N) is 2. The third kappa shape index (κ3) is 8.38. The van der Waals surface area contributed by atoms with Crippen molar-refractivity contribution in [2.24, 2.45) is 20.8 Å². The van der Waals surface area contributed by atoms with Crippen LogP contribution >= 0.6 is 31.9 Å². The Morgan fingerprint density at radius 1 is 0.643 bits per heavy atom. The molecule has 0 spiro atoms. The van der Waals surface area contributed by atoms with Gasteiger partial charge < -0.3 is 10.2 Å². The van der Waals surface area contributed by atoms with E-state index in [0.29, 0.717) is 61.1 Å². The molecule has 6 nitrogen and oxygen atoms in total. The molecule has 2 N–H and O–H groups in total. The number of aliphatic imine (C=N–C) groups is 2. The van der Waals surface area contributed by atoms with Gasteiger partial charge in [0.15, 0.2) is 11.6 Å². The normalized spacial score (nSPS) is 22.9. The lowest BCUT2D eigenvalue weighted by Gasteiger charge is -2.31. The van der Waals surface area contributed by atoms with Crippen LogP contribution < -0.4 is 0 Å². The first kappa shape index (κ1) is 32.1. The van der Waals surface area contributed by atoms with Gasteiger partial charge in [0.05, 0.1) is 33.9 Å². The number of carbonyl (C=O) groups is 2. The van der Waals surface area contributed by atoms with Crippen molar-refractivity contribution < 1.29 is 19.8 Å². The van der Waals surface area contributed by atoms with E-state index in [1.807, 2.05) is 76.2 Å². The number of benzene rings is 2. The lowest BCUT2D eigenvalue weighted by Crippen LogP contribution is -2.32. The molecule has 0 aromatic heterocycles. The zero-order chi connectivity index (χ0) is 30.7. The van der Waals surface area contributed by atoms with E-state index in [9.17, 15) is 19.8 Å². The second kappa shape index (κ2) is 13.2. The van der Waals surface area contributed by atoms with Crippen molar-refractivity contribution in [3.8, 4) is 0 Å². The number of rotatable bonds is 7. The zero-order valence-corrected chi connectivity index (χ0v) is 27.8. The standard InChI is InChI=1S/C34H38Br2N2O4/c1-33(2)17-25(37-23-13-9-21(35)10-14-23)31(29(41)19-33)27(39)7-5-6-8-28(40)32-26(18-34(3,4)20-30(32)42)38-24-15-11-22(36)12-16-24/h9-16,39-40H,5-8,17-20H2,1-4H3. The molecule has 2 aliphatic rings. The van der Waals surface area contributed by atoms with E-state index in [2.05, 4.69) is 31.9 Å². The van der Waals surface area contributed by atoms with Gasteiger partial charge in [-0.1, -0.05) is 59.6 Å². The largest absolute Gasteiger partial charge is 0.511 e. The molecule has 8 heteroatoms. The number of unbranched alkanes of at least 4 members (excludes halogenated alkanes) is 1. The van der Waals surface area contributed by atoms with Crippen molar-refractivity contribution in [3.05, 3.63) is 80.1 Å². The van der Waals surface area contributed by atoms with Crippen molar-refractivity contribution in [1.29, 1.82) is 0 Å². The van der Waals surface area contributed by atoms with Gasteiger partial charge in [0, 0.05) is 34.6 Å². The quantitative estimate of drug-likeness (QED) is 0.171. The van der Waals surface area contributed by atoms with Crippen LogP contribution in [-0.2, 0) is 9.59 Å². The summed E-state index contributed by atoms with van der Waals surface area (Å²) in [4.78, 5) is 35.8. The maximum absolute atomic E-state index is 13.1. The van der Waals surface area contributed by atoms with Crippen LogP contribution in [0.2, 0.25) is 0 Å². The molecule has 0 atom stereocenters. The first-order valence-corrected chi connectivity index (χ1v) is 15.9. The summed E-state index contributed by atoms with van der Waals surface area (Å²) in [5.41, 5.74) is 2.79. The molecule has 42 heavy (non-hydrogen) atoms. The predicted molar refractivity (Wildman–Crippen MR) is 176 cm³/mol. The average Bonchev–Trinajstić information content (AvgIpc) is 2.87. The summed E-state index contributed by atoms with van der Waals surface area (Å²) in [5.74, 6) is -0.138. The van der Waals surface area contributed by atoms with Crippen LogP contribution in [0.1, 0.15) is 79.1 Å². The fourth-order valence-electron chi connectivity index (χ4n) is 5.60. The summed E-state index contributed by atoms with van der Waals surface area (Å²) in [6, 6.07) is 15.1. The fraction of sp³-hybridized carbons (Fsp3) is 0.412. The Hall–Kier alpha value is -2.84. The molecule has 0 amide bonds. The Morgan fingerprint density at radius 3 is 1.31 bits per heavy atom. The minimum atomic E-state index is -0.246. The molecule has 0 aliphatic heterocycles. The molecule has 2 fully saturated rings. The number of halogens is 2. The van der Waals surface area contributed by atoms with E-state index in [1.165, 1.54) is 0 Å². The molecule has 2 aliphatic carbocycles. The zero-order valence-electron chi connectivity index (χ0n) is 24.6. The number of ketones is 2. The summed E-state index contributed by atoms with van der Waals surface area (Å²) < 4.78 is 1.88. The van der Waals surface area contributed by atoms with E-state index in [4.69, 9.17) is 9.98 Å². The number of Topliss-reactive ketones (excluding diaryl/α,β-unsaturated/α-hetero) is 2. The third-order valence-electron chi connectivity index (χ3n) is 7.54. The SMILES string of the molecule is CC1(C)CC(=O)C(=C(O)CCCCC(O)=C2C(=O)CC(C)(C)CC2=Nc2ccc(Br)cc2)C(=Nc2ccc(Br)cc2)C1. The number of aliphatic hydroxyl groups excluding tert-OH is 2. The van der Waals surface area contributed by atoms with Gasteiger partial charge >= 0.3 is 0 Å². The van der Waals surface area contributed by atoms with Gasteiger partial charge in [-0.05, 0) is 85.0 Å². The minimum absolute atomic E-state index is 0.0338. The Labute approximate surface area is 265 Å². The molecule has 2 saturated carbocycles. The molecule has 0 radical (unpaired) electrons. The molecular weight excluding hydrogens is 660 g/mol. The highest BCUT2D eigenvalue weighted by atomic mass is 79.9. The monoisotopic (exact) mass is 696 g/mol. The van der Waals surface area contributed by atoms with Gasteiger partial charge in [-0.2, -0.15) is 0 Å². The molecule has 2 aromatic carbocycles. The number of hydrogen-bond acceptors (Lipinski definition) is 6. The van der Waals surface area contributed by atoms with Crippen molar-refractivity contribution in [1.82, 2.24) is 0 Å². The molecule has 0 heterocycles. The molecule has 222 valence electrons. The summed E-state index contributed by atoms with van der Waals surface area (Å²) in [6.45, 7) is 8.14. The molecule has 0 bridgehead atoms. The van der Waals surface area contributed by atoms with E-state index >= 15 is 0 Å². The van der Waals surface area contributed by atoms with E-state index in [-0.39, 0.29) is 46.8 Å².